The number of carbonyl (C=O) groups excluding carboxylic acids is 2. The maximum Gasteiger partial charge on any atom is 0.305 e. The molecule has 0 rings (SSSR count). The van der Waals surface area contributed by atoms with Crippen molar-refractivity contribution in [2.75, 3.05) is 19.8 Å². The maximum absolute atomic E-state index is 12.4. The highest BCUT2D eigenvalue weighted by Gasteiger charge is 2.15. The van der Waals surface area contributed by atoms with Crippen LogP contribution in [-0.2, 0) is 19.1 Å². The van der Waals surface area contributed by atoms with E-state index in [9.17, 15) is 14.7 Å². The summed E-state index contributed by atoms with van der Waals surface area (Å²) in [5, 5.41) is 9.70. The Labute approximate surface area is 285 Å². The lowest BCUT2D eigenvalue weighted by molar-refractivity contribution is -0.150. The summed E-state index contributed by atoms with van der Waals surface area (Å²) >= 11 is 0. The third-order valence-corrected chi connectivity index (χ3v) is 8.97. The Morgan fingerprint density at radius 1 is 0.500 bits per heavy atom. The molecule has 0 bridgehead atoms. The molecule has 0 heterocycles. The molecule has 0 aromatic carbocycles. The van der Waals surface area contributed by atoms with Crippen molar-refractivity contribution >= 4 is 11.9 Å². The van der Waals surface area contributed by atoms with Crippen molar-refractivity contribution in [3.8, 4) is 0 Å². The van der Waals surface area contributed by atoms with Gasteiger partial charge in [0, 0.05) is 12.8 Å². The molecule has 1 atom stereocenters. The minimum Gasteiger partial charge on any atom is -0.465 e. The van der Waals surface area contributed by atoms with E-state index in [0.717, 1.165) is 44.9 Å². The highest BCUT2D eigenvalue weighted by atomic mass is 16.5. The number of carbonyl (C=O) groups is 2. The Balaban J connectivity index is 3.97. The van der Waals surface area contributed by atoms with E-state index in [2.05, 4.69) is 45.1 Å². The lowest BCUT2D eigenvalue weighted by Gasteiger charge is -2.17. The van der Waals surface area contributed by atoms with Crippen LogP contribution in [0.4, 0.5) is 0 Å². The zero-order valence-corrected chi connectivity index (χ0v) is 30.8. The zero-order chi connectivity index (χ0) is 33.8. The van der Waals surface area contributed by atoms with E-state index < -0.39 is 0 Å². The normalized spacial score (nSPS) is 12.5. The predicted octanol–water partition coefficient (Wildman–Crippen LogP) is 12.0. The fourth-order valence-electron chi connectivity index (χ4n) is 5.84. The van der Waals surface area contributed by atoms with Gasteiger partial charge in [0.2, 0.25) is 0 Å². The summed E-state index contributed by atoms with van der Waals surface area (Å²) in [6.07, 6.45) is 40.2. The van der Waals surface area contributed by atoms with E-state index in [1.807, 2.05) is 0 Å². The van der Waals surface area contributed by atoms with Gasteiger partial charge in [0.1, 0.15) is 0 Å². The van der Waals surface area contributed by atoms with Crippen LogP contribution in [0, 0.1) is 11.8 Å². The average molecular weight is 649 g/mol. The number of aliphatic hydroxyl groups excluding tert-OH is 1. The Kier molecular flexibility index (Phi) is 34.9. The Morgan fingerprint density at radius 3 is 1.46 bits per heavy atom. The van der Waals surface area contributed by atoms with Gasteiger partial charge >= 0.3 is 11.9 Å². The smallest absolute Gasteiger partial charge is 0.305 e. The first-order valence-electron chi connectivity index (χ1n) is 19.8. The van der Waals surface area contributed by atoms with Crippen LogP contribution in [-0.4, -0.2) is 36.9 Å². The molecule has 0 radical (unpaired) electrons. The Bertz CT molecular complexity index is 702. The van der Waals surface area contributed by atoms with Crippen molar-refractivity contribution in [1.29, 1.82) is 0 Å². The summed E-state index contributed by atoms with van der Waals surface area (Å²) in [6.45, 7) is 6.79. The van der Waals surface area contributed by atoms with Gasteiger partial charge in [-0.1, -0.05) is 154 Å². The number of ether oxygens (including phenoxy) is 2. The van der Waals surface area contributed by atoms with Gasteiger partial charge in [0.05, 0.1) is 25.7 Å². The molecule has 0 fully saturated rings. The molecular weight excluding hydrogens is 572 g/mol. The van der Waals surface area contributed by atoms with Gasteiger partial charge < -0.3 is 14.6 Å². The van der Waals surface area contributed by atoms with E-state index in [0.29, 0.717) is 18.8 Å². The van der Waals surface area contributed by atoms with Crippen LogP contribution in [0.25, 0.3) is 0 Å². The number of hydrogen-bond acceptors (Lipinski definition) is 5. The van der Waals surface area contributed by atoms with Crippen molar-refractivity contribution in [3.63, 3.8) is 0 Å². The van der Waals surface area contributed by atoms with E-state index in [4.69, 9.17) is 9.47 Å². The number of esters is 2. The maximum atomic E-state index is 12.4. The zero-order valence-electron chi connectivity index (χ0n) is 30.8. The van der Waals surface area contributed by atoms with Crippen molar-refractivity contribution in [2.45, 2.75) is 194 Å². The van der Waals surface area contributed by atoms with Crippen LogP contribution in [0.3, 0.4) is 0 Å². The molecule has 0 amide bonds. The van der Waals surface area contributed by atoms with E-state index in [1.165, 1.54) is 116 Å². The second kappa shape index (κ2) is 36.2. The van der Waals surface area contributed by atoms with Gasteiger partial charge in [-0.05, 0) is 57.3 Å². The van der Waals surface area contributed by atoms with E-state index in [1.54, 1.807) is 0 Å². The molecule has 0 aliphatic heterocycles. The number of aliphatic hydroxyl groups is 1. The highest BCUT2D eigenvalue weighted by Crippen LogP contribution is 2.24. The summed E-state index contributed by atoms with van der Waals surface area (Å²) in [5.74, 6) is -0.0952. The van der Waals surface area contributed by atoms with Crippen LogP contribution in [0.5, 0.6) is 0 Å². The molecule has 0 aromatic heterocycles. The quantitative estimate of drug-likeness (QED) is 0.0420. The topological polar surface area (TPSA) is 72.8 Å². The largest absolute Gasteiger partial charge is 0.465 e. The molecule has 5 heteroatoms. The van der Waals surface area contributed by atoms with Gasteiger partial charge in [0.25, 0.3) is 0 Å². The number of unbranched alkanes of at least 4 members (excludes halogenated alkanes) is 16. The lowest BCUT2D eigenvalue weighted by Crippen LogP contribution is -2.23. The Hall–Kier alpha value is -1.62. The predicted molar refractivity (Wildman–Crippen MR) is 196 cm³/mol. The monoisotopic (exact) mass is 649 g/mol. The van der Waals surface area contributed by atoms with Gasteiger partial charge in [-0.15, -0.1) is 0 Å². The van der Waals surface area contributed by atoms with Crippen LogP contribution in [0.15, 0.2) is 24.3 Å². The summed E-state index contributed by atoms with van der Waals surface area (Å²) < 4.78 is 10.8. The van der Waals surface area contributed by atoms with E-state index in [-0.39, 0.29) is 37.7 Å². The summed E-state index contributed by atoms with van der Waals surface area (Å²) in [5.41, 5.74) is 0. The molecule has 1 unspecified atom stereocenters. The molecule has 0 aliphatic rings. The van der Waals surface area contributed by atoms with Gasteiger partial charge in [-0.2, -0.15) is 0 Å². The fourth-order valence-corrected chi connectivity index (χ4v) is 5.84. The van der Waals surface area contributed by atoms with Crippen molar-refractivity contribution in [1.82, 2.24) is 0 Å². The number of hydrogen-bond donors (Lipinski definition) is 1. The number of allylic oxidation sites excluding steroid dienone is 4. The SMILES string of the molecule is CCCCC/C=C\C/C=C\CCCCCCCC(=O)OCC(CO)COC(=O)CCCC(CCCCCCC)CCCCCCC. The summed E-state index contributed by atoms with van der Waals surface area (Å²) in [6, 6.07) is 0. The molecule has 1 N–H and O–H groups in total. The van der Waals surface area contributed by atoms with Crippen LogP contribution in [0.2, 0.25) is 0 Å². The third-order valence-electron chi connectivity index (χ3n) is 8.97. The molecule has 0 saturated heterocycles. The molecule has 0 aromatic rings. The average Bonchev–Trinajstić information content (AvgIpc) is 3.06. The third kappa shape index (κ3) is 32.3. The van der Waals surface area contributed by atoms with Crippen LogP contribution < -0.4 is 0 Å². The van der Waals surface area contributed by atoms with Gasteiger partial charge in [0.15, 0.2) is 0 Å². The molecule has 270 valence electrons. The molecule has 0 saturated carbocycles. The molecule has 0 spiro atoms. The van der Waals surface area contributed by atoms with Crippen molar-refractivity contribution in [2.24, 2.45) is 11.8 Å². The molecule has 0 aliphatic carbocycles. The first kappa shape index (κ1) is 44.4. The molecule has 5 nitrogen and oxygen atoms in total. The second-order valence-corrected chi connectivity index (χ2v) is 13.6. The summed E-state index contributed by atoms with van der Waals surface area (Å²) in [7, 11) is 0. The first-order valence-corrected chi connectivity index (χ1v) is 19.8. The van der Waals surface area contributed by atoms with Crippen molar-refractivity contribution < 1.29 is 24.2 Å². The first-order chi connectivity index (χ1) is 22.6. The van der Waals surface area contributed by atoms with Crippen molar-refractivity contribution in [3.05, 3.63) is 24.3 Å². The molecular formula is C41H76O5. The standard InChI is InChI=1S/C41H76O5/c1-4-7-10-13-14-15-16-17-18-19-20-21-22-25-28-33-40(43)45-36-39(35-42)37-46-41(44)34-29-32-38(30-26-23-11-8-5-2)31-27-24-12-9-6-3/h14-15,17-18,38-39,42H,4-13,16,19-37H2,1-3H3/b15-14-,18-17-. The highest BCUT2D eigenvalue weighted by molar-refractivity contribution is 5.69. The minimum atomic E-state index is -0.364. The van der Waals surface area contributed by atoms with Crippen LogP contribution >= 0.6 is 0 Å². The number of rotatable bonds is 35. The van der Waals surface area contributed by atoms with Crippen LogP contribution in [0.1, 0.15) is 194 Å². The van der Waals surface area contributed by atoms with Gasteiger partial charge in [-0.3, -0.25) is 9.59 Å². The second-order valence-electron chi connectivity index (χ2n) is 13.6. The summed E-state index contributed by atoms with van der Waals surface area (Å²) in [4.78, 5) is 24.6. The minimum absolute atomic E-state index is 0.0982. The van der Waals surface area contributed by atoms with Gasteiger partial charge in [-0.25, -0.2) is 0 Å². The van der Waals surface area contributed by atoms with E-state index >= 15 is 0 Å². The fraction of sp³-hybridized carbons (Fsp3) is 0.854. The molecule has 46 heavy (non-hydrogen) atoms. The lowest BCUT2D eigenvalue weighted by atomic mass is 9.90. The Morgan fingerprint density at radius 2 is 0.913 bits per heavy atom.